The third kappa shape index (κ3) is 6.19. The van der Waals surface area contributed by atoms with Crippen LogP contribution in [0, 0.1) is 0 Å². The molecule has 0 bridgehead atoms. The van der Waals surface area contributed by atoms with E-state index >= 15 is 0 Å². The lowest BCUT2D eigenvalue weighted by atomic mass is 10.0. The first-order chi connectivity index (χ1) is 19.7. The van der Waals surface area contributed by atoms with E-state index in [1.807, 2.05) is 78.9 Å². The summed E-state index contributed by atoms with van der Waals surface area (Å²) in [7, 11) is 3.19. The van der Waals surface area contributed by atoms with E-state index in [0.29, 0.717) is 64.9 Å². The molecule has 1 heterocycles. The second kappa shape index (κ2) is 13.0. The van der Waals surface area contributed by atoms with E-state index in [-0.39, 0.29) is 0 Å². The number of furan rings is 1. The third-order valence-corrected chi connectivity index (χ3v) is 6.72. The van der Waals surface area contributed by atoms with Crippen molar-refractivity contribution in [2.24, 2.45) is 0 Å². The standard InChI is InChI=1S/C34H32O6/c1-36-31-20-27(15-16-30(31)39-23-25-12-7-4-8-13-25)33-29(21-35)28-18-26(19-32(37-2)34(28)40-33)14-9-17-38-22-24-10-5-3-6-11-24/h3-8,10-13,15-16,18-21H,9,14,17,22-23H2,1-2H3. The van der Waals surface area contributed by atoms with Crippen LogP contribution in [-0.4, -0.2) is 27.1 Å². The van der Waals surface area contributed by atoms with Crippen LogP contribution in [0.25, 0.3) is 22.3 Å². The molecule has 6 nitrogen and oxygen atoms in total. The van der Waals surface area contributed by atoms with Crippen LogP contribution in [0.2, 0.25) is 0 Å². The summed E-state index contributed by atoms with van der Waals surface area (Å²) >= 11 is 0. The van der Waals surface area contributed by atoms with Gasteiger partial charge in [0.05, 0.1) is 26.4 Å². The first-order valence-corrected chi connectivity index (χ1v) is 13.3. The molecule has 0 fully saturated rings. The van der Waals surface area contributed by atoms with Gasteiger partial charge < -0.3 is 23.4 Å². The van der Waals surface area contributed by atoms with Crippen LogP contribution in [-0.2, 0) is 24.4 Å². The van der Waals surface area contributed by atoms with Gasteiger partial charge in [0, 0.05) is 17.6 Å². The summed E-state index contributed by atoms with van der Waals surface area (Å²) < 4.78 is 29.3. The molecule has 0 saturated carbocycles. The summed E-state index contributed by atoms with van der Waals surface area (Å²) in [6.07, 6.45) is 2.45. The molecule has 0 aliphatic rings. The number of rotatable bonds is 13. The summed E-state index contributed by atoms with van der Waals surface area (Å²) in [5.41, 5.74) is 4.97. The van der Waals surface area contributed by atoms with Crippen molar-refractivity contribution >= 4 is 17.3 Å². The first-order valence-electron chi connectivity index (χ1n) is 13.3. The van der Waals surface area contributed by atoms with Crippen molar-refractivity contribution in [2.75, 3.05) is 20.8 Å². The maximum absolute atomic E-state index is 12.3. The Morgan fingerprint density at radius 2 is 1.43 bits per heavy atom. The van der Waals surface area contributed by atoms with Gasteiger partial charge in [0.1, 0.15) is 12.4 Å². The van der Waals surface area contributed by atoms with Gasteiger partial charge in [-0.2, -0.15) is 0 Å². The maximum Gasteiger partial charge on any atom is 0.177 e. The Hall–Kier alpha value is -4.55. The number of benzene rings is 4. The highest BCUT2D eigenvalue weighted by Gasteiger charge is 2.21. The lowest BCUT2D eigenvalue weighted by Crippen LogP contribution is -1.98. The molecule has 0 aliphatic carbocycles. The normalized spacial score (nSPS) is 10.9. The van der Waals surface area contributed by atoms with Gasteiger partial charge in [0.2, 0.25) is 0 Å². The fourth-order valence-electron chi connectivity index (χ4n) is 4.68. The number of hydrogen-bond donors (Lipinski definition) is 0. The largest absolute Gasteiger partial charge is 0.493 e. The second-order valence-electron chi connectivity index (χ2n) is 9.42. The lowest BCUT2D eigenvalue weighted by molar-refractivity contribution is 0.112. The molecule has 5 aromatic rings. The predicted octanol–water partition coefficient (Wildman–Crippen LogP) is 7.66. The van der Waals surface area contributed by atoms with E-state index in [4.69, 9.17) is 23.4 Å². The highest BCUT2D eigenvalue weighted by Crippen LogP contribution is 2.41. The van der Waals surface area contributed by atoms with Crippen molar-refractivity contribution < 1.29 is 28.2 Å². The number of ether oxygens (including phenoxy) is 4. The Bertz CT molecular complexity index is 1560. The highest BCUT2D eigenvalue weighted by atomic mass is 16.5. The second-order valence-corrected chi connectivity index (χ2v) is 9.42. The van der Waals surface area contributed by atoms with Gasteiger partial charge >= 0.3 is 0 Å². The van der Waals surface area contributed by atoms with E-state index in [2.05, 4.69) is 12.1 Å². The monoisotopic (exact) mass is 536 g/mol. The summed E-state index contributed by atoms with van der Waals surface area (Å²) in [4.78, 5) is 12.3. The van der Waals surface area contributed by atoms with Crippen LogP contribution >= 0.6 is 0 Å². The van der Waals surface area contributed by atoms with Crippen LogP contribution in [0.15, 0.2) is 95.4 Å². The van der Waals surface area contributed by atoms with Gasteiger partial charge in [-0.15, -0.1) is 0 Å². The Balaban J connectivity index is 1.35. The molecule has 0 spiro atoms. The topological polar surface area (TPSA) is 67.1 Å². The quantitative estimate of drug-likeness (QED) is 0.114. The van der Waals surface area contributed by atoms with Gasteiger partial charge in [-0.1, -0.05) is 60.7 Å². The minimum absolute atomic E-state index is 0.415. The number of aldehydes is 1. The molecule has 4 aromatic carbocycles. The Labute approximate surface area is 234 Å². The Morgan fingerprint density at radius 1 is 0.725 bits per heavy atom. The molecule has 0 aliphatic heterocycles. The predicted molar refractivity (Wildman–Crippen MR) is 155 cm³/mol. The van der Waals surface area contributed by atoms with Crippen LogP contribution in [0.3, 0.4) is 0 Å². The van der Waals surface area contributed by atoms with Gasteiger partial charge in [0.15, 0.2) is 29.1 Å². The van der Waals surface area contributed by atoms with Crippen LogP contribution in [0.1, 0.15) is 33.5 Å². The van der Waals surface area contributed by atoms with Gasteiger partial charge in [-0.05, 0) is 59.9 Å². The maximum atomic E-state index is 12.3. The molecular weight excluding hydrogens is 504 g/mol. The minimum atomic E-state index is 0.415. The molecule has 0 amide bonds. The molecular formula is C34H32O6. The molecule has 0 unspecified atom stereocenters. The van der Waals surface area contributed by atoms with E-state index in [1.54, 1.807) is 14.2 Å². The summed E-state index contributed by atoms with van der Waals surface area (Å²) in [5.74, 6) is 2.20. The fourth-order valence-corrected chi connectivity index (χ4v) is 4.68. The number of hydrogen-bond acceptors (Lipinski definition) is 6. The van der Waals surface area contributed by atoms with Gasteiger partial charge in [-0.3, -0.25) is 4.79 Å². The van der Waals surface area contributed by atoms with Gasteiger partial charge in [0.25, 0.3) is 0 Å². The zero-order chi connectivity index (χ0) is 27.7. The molecule has 0 atom stereocenters. The molecule has 5 rings (SSSR count). The lowest BCUT2D eigenvalue weighted by Gasteiger charge is -2.12. The van der Waals surface area contributed by atoms with Crippen LogP contribution in [0.5, 0.6) is 17.2 Å². The number of aryl methyl sites for hydroxylation is 1. The third-order valence-electron chi connectivity index (χ3n) is 6.72. The van der Waals surface area contributed by atoms with Crippen molar-refractivity contribution in [2.45, 2.75) is 26.1 Å². The minimum Gasteiger partial charge on any atom is -0.493 e. The van der Waals surface area contributed by atoms with Crippen molar-refractivity contribution in [3.63, 3.8) is 0 Å². The molecule has 6 heteroatoms. The highest BCUT2D eigenvalue weighted by molar-refractivity contribution is 6.04. The fraction of sp³-hybridized carbons (Fsp3) is 0.206. The van der Waals surface area contributed by atoms with E-state index < -0.39 is 0 Å². The molecule has 204 valence electrons. The van der Waals surface area contributed by atoms with Gasteiger partial charge in [-0.25, -0.2) is 0 Å². The van der Waals surface area contributed by atoms with E-state index in [0.717, 1.165) is 35.8 Å². The van der Waals surface area contributed by atoms with E-state index in [9.17, 15) is 4.79 Å². The van der Waals surface area contributed by atoms with Crippen LogP contribution in [0.4, 0.5) is 0 Å². The number of carbonyl (C=O) groups excluding carboxylic acids is 1. The zero-order valence-corrected chi connectivity index (χ0v) is 22.7. The number of carbonyl (C=O) groups is 1. The Kier molecular flexibility index (Phi) is 8.79. The number of methoxy groups -OCH3 is 2. The van der Waals surface area contributed by atoms with Crippen molar-refractivity contribution in [3.8, 4) is 28.6 Å². The van der Waals surface area contributed by atoms with Crippen molar-refractivity contribution in [3.05, 3.63) is 113 Å². The van der Waals surface area contributed by atoms with Crippen LogP contribution < -0.4 is 14.2 Å². The molecule has 0 radical (unpaired) electrons. The number of fused-ring (bicyclic) bond motifs is 1. The average Bonchev–Trinajstić information content (AvgIpc) is 3.39. The molecule has 0 saturated heterocycles. The smallest absolute Gasteiger partial charge is 0.177 e. The molecule has 0 N–H and O–H groups in total. The summed E-state index contributed by atoms with van der Waals surface area (Å²) in [6.45, 7) is 1.63. The summed E-state index contributed by atoms with van der Waals surface area (Å²) in [5, 5.41) is 0.716. The molecule has 1 aromatic heterocycles. The Morgan fingerprint density at radius 3 is 2.10 bits per heavy atom. The first kappa shape index (κ1) is 27.0. The van der Waals surface area contributed by atoms with E-state index in [1.165, 1.54) is 0 Å². The van der Waals surface area contributed by atoms with Crippen molar-refractivity contribution in [1.29, 1.82) is 0 Å². The van der Waals surface area contributed by atoms with Crippen molar-refractivity contribution in [1.82, 2.24) is 0 Å². The zero-order valence-electron chi connectivity index (χ0n) is 22.7. The summed E-state index contributed by atoms with van der Waals surface area (Å²) in [6, 6.07) is 29.5. The molecule has 40 heavy (non-hydrogen) atoms. The SMILES string of the molecule is COc1cc(-c2oc3c(OC)cc(CCCOCc4ccccc4)cc3c2C=O)ccc1OCc1ccccc1. The average molecular weight is 537 g/mol.